The summed E-state index contributed by atoms with van der Waals surface area (Å²) in [7, 11) is 0. The molecular weight excluding hydrogens is 271 g/mol. The van der Waals surface area contributed by atoms with E-state index in [0.717, 1.165) is 6.54 Å². The van der Waals surface area contributed by atoms with Crippen LogP contribution in [0, 0.1) is 5.82 Å². The van der Waals surface area contributed by atoms with E-state index in [1.807, 2.05) is 11.5 Å². The SMILES string of the molecule is CCn1cnnc1CNc1c(N)cc(N)c(Cl)c1F. The van der Waals surface area contributed by atoms with Crippen molar-refractivity contribution >= 4 is 28.7 Å². The molecule has 6 nitrogen and oxygen atoms in total. The molecule has 1 heterocycles. The van der Waals surface area contributed by atoms with Crippen molar-refractivity contribution in [2.45, 2.75) is 20.0 Å². The number of nitrogen functional groups attached to an aromatic ring is 2. The number of nitrogens with one attached hydrogen (secondary N) is 1. The maximum atomic E-state index is 13.9. The number of aromatic nitrogens is 3. The number of aryl methyl sites for hydroxylation is 1. The van der Waals surface area contributed by atoms with Gasteiger partial charge in [-0.2, -0.15) is 0 Å². The molecule has 8 heteroatoms. The highest BCUT2D eigenvalue weighted by molar-refractivity contribution is 6.33. The molecule has 0 atom stereocenters. The van der Waals surface area contributed by atoms with Gasteiger partial charge in [-0.1, -0.05) is 11.6 Å². The molecule has 0 amide bonds. The van der Waals surface area contributed by atoms with E-state index >= 15 is 0 Å². The van der Waals surface area contributed by atoms with Gasteiger partial charge < -0.3 is 21.4 Å². The molecule has 2 aromatic rings. The second-order valence-electron chi connectivity index (χ2n) is 3.94. The Labute approximate surface area is 114 Å². The summed E-state index contributed by atoms with van der Waals surface area (Å²) in [6, 6.07) is 1.41. The summed E-state index contributed by atoms with van der Waals surface area (Å²) in [6.45, 7) is 2.97. The van der Waals surface area contributed by atoms with Crippen molar-refractivity contribution in [3.05, 3.63) is 29.1 Å². The van der Waals surface area contributed by atoms with Gasteiger partial charge in [-0.15, -0.1) is 10.2 Å². The minimum absolute atomic E-state index is 0.110. The lowest BCUT2D eigenvalue weighted by Gasteiger charge is -2.12. The van der Waals surface area contributed by atoms with Crippen molar-refractivity contribution in [1.82, 2.24) is 14.8 Å². The maximum absolute atomic E-state index is 13.9. The third-order valence-electron chi connectivity index (χ3n) is 2.73. The van der Waals surface area contributed by atoms with E-state index in [-0.39, 0.29) is 28.6 Å². The fraction of sp³-hybridized carbons (Fsp3) is 0.273. The summed E-state index contributed by atoms with van der Waals surface area (Å²) in [5.74, 6) is 0.0102. The average molecular weight is 285 g/mol. The number of nitrogens with two attached hydrogens (primary N) is 2. The van der Waals surface area contributed by atoms with E-state index in [1.54, 1.807) is 6.33 Å². The number of rotatable bonds is 4. The zero-order valence-corrected chi connectivity index (χ0v) is 11.1. The van der Waals surface area contributed by atoms with Gasteiger partial charge >= 0.3 is 0 Å². The number of anilines is 3. The lowest BCUT2D eigenvalue weighted by Crippen LogP contribution is -2.10. The standard InChI is InChI=1S/C11H14ClFN6/c1-2-19-5-17-18-8(19)4-16-11-7(15)3-6(14)9(12)10(11)13/h3,5,16H,2,4,14-15H2,1H3. The molecule has 0 spiro atoms. The number of halogens is 2. The lowest BCUT2D eigenvalue weighted by atomic mass is 10.2. The van der Waals surface area contributed by atoms with Crippen molar-refractivity contribution in [3.8, 4) is 0 Å². The Balaban J connectivity index is 2.23. The molecule has 1 aromatic carbocycles. The van der Waals surface area contributed by atoms with Gasteiger partial charge in [0.05, 0.1) is 23.6 Å². The molecule has 0 bridgehead atoms. The predicted octanol–water partition coefficient (Wildman–Crippen LogP) is 1.87. The molecule has 5 N–H and O–H groups in total. The lowest BCUT2D eigenvalue weighted by molar-refractivity contribution is 0.630. The van der Waals surface area contributed by atoms with Gasteiger partial charge in [0.1, 0.15) is 11.3 Å². The fourth-order valence-corrected chi connectivity index (χ4v) is 1.84. The molecule has 0 fully saturated rings. The fourth-order valence-electron chi connectivity index (χ4n) is 1.69. The molecular formula is C11H14ClFN6. The Morgan fingerprint density at radius 1 is 1.42 bits per heavy atom. The number of nitrogens with zero attached hydrogens (tertiary/aromatic N) is 3. The first-order valence-electron chi connectivity index (χ1n) is 5.68. The molecule has 0 aliphatic rings. The Kier molecular flexibility index (Phi) is 3.75. The Morgan fingerprint density at radius 2 is 2.16 bits per heavy atom. The molecule has 0 saturated carbocycles. The summed E-state index contributed by atoms with van der Waals surface area (Å²) in [5, 5.41) is 10.4. The van der Waals surface area contributed by atoms with Crippen LogP contribution in [-0.2, 0) is 13.1 Å². The Morgan fingerprint density at radius 3 is 2.84 bits per heavy atom. The zero-order chi connectivity index (χ0) is 14.0. The first-order chi connectivity index (χ1) is 9.04. The maximum Gasteiger partial charge on any atom is 0.169 e. The second kappa shape index (κ2) is 5.31. The minimum Gasteiger partial charge on any atom is -0.397 e. The van der Waals surface area contributed by atoms with Crippen LogP contribution in [0.5, 0.6) is 0 Å². The van der Waals surface area contributed by atoms with E-state index in [4.69, 9.17) is 23.1 Å². The van der Waals surface area contributed by atoms with Crippen LogP contribution >= 0.6 is 11.6 Å². The first kappa shape index (κ1) is 13.4. The van der Waals surface area contributed by atoms with Gasteiger partial charge in [0.25, 0.3) is 0 Å². The molecule has 1 aromatic heterocycles. The molecule has 0 aliphatic carbocycles. The van der Waals surface area contributed by atoms with Gasteiger partial charge in [-0.05, 0) is 13.0 Å². The summed E-state index contributed by atoms with van der Waals surface area (Å²) in [6.07, 6.45) is 1.60. The van der Waals surface area contributed by atoms with Crippen molar-refractivity contribution in [3.63, 3.8) is 0 Å². The molecule has 2 rings (SSSR count). The van der Waals surface area contributed by atoms with Crippen molar-refractivity contribution in [2.75, 3.05) is 16.8 Å². The van der Waals surface area contributed by atoms with E-state index in [9.17, 15) is 4.39 Å². The highest BCUT2D eigenvalue weighted by Crippen LogP contribution is 2.33. The number of benzene rings is 1. The largest absolute Gasteiger partial charge is 0.397 e. The van der Waals surface area contributed by atoms with Crippen LogP contribution in [0.25, 0.3) is 0 Å². The Bertz CT molecular complexity index is 597. The molecule has 0 radical (unpaired) electrons. The highest BCUT2D eigenvalue weighted by Gasteiger charge is 2.14. The zero-order valence-electron chi connectivity index (χ0n) is 10.3. The highest BCUT2D eigenvalue weighted by atomic mass is 35.5. The van der Waals surface area contributed by atoms with Crippen LogP contribution in [0.4, 0.5) is 21.5 Å². The molecule has 19 heavy (non-hydrogen) atoms. The summed E-state index contributed by atoms with van der Waals surface area (Å²) in [4.78, 5) is 0. The van der Waals surface area contributed by atoms with Gasteiger partial charge in [-0.3, -0.25) is 0 Å². The summed E-state index contributed by atoms with van der Waals surface area (Å²) >= 11 is 5.75. The molecule has 102 valence electrons. The van der Waals surface area contributed by atoms with Crippen LogP contribution < -0.4 is 16.8 Å². The van der Waals surface area contributed by atoms with Crippen LogP contribution in [0.2, 0.25) is 5.02 Å². The minimum atomic E-state index is -0.665. The van der Waals surface area contributed by atoms with E-state index in [0.29, 0.717) is 5.82 Å². The Hall–Kier alpha value is -2.02. The van der Waals surface area contributed by atoms with Crippen LogP contribution in [0.1, 0.15) is 12.7 Å². The first-order valence-corrected chi connectivity index (χ1v) is 6.05. The smallest absolute Gasteiger partial charge is 0.169 e. The number of hydrogen-bond donors (Lipinski definition) is 3. The van der Waals surface area contributed by atoms with Gasteiger partial charge in [0.15, 0.2) is 11.6 Å². The molecule has 0 unspecified atom stereocenters. The quantitative estimate of drug-likeness (QED) is 0.745. The van der Waals surface area contributed by atoms with Gasteiger partial charge in [0.2, 0.25) is 0 Å². The van der Waals surface area contributed by atoms with E-state index < -0.39 is 5.82 Å². The van der Waals surface area contributed by atoms with Crippen LogP contribution in [0.3, 0.4) is 0 Å². The second-order valence-corrected chi connectivity index (χ2v) is 4.32. The third-order valence-corrected chi connectivity index (χ3v) is 3.11. The monoisotopic (exact) mass is 284 g/mol. The van der Waals surface area contributed by atoms with Crippen molar-refractivity contribution in [2.24, 2.45) is 0 Å². The van der Waals surface area contributed by atoms with Crippen LogP contribution in [-0.4, -0.2) is 14.8 Å². The van der Waals surface area contributed by atoms with Gasteiger partial charge in [-0.25, -0.2) is 4.39 Å². The van der Waals surface area contributed by atoms with Crippen LogP contribution in [0.15, 0.2) is 12.4 Å². The van der Waals surface area contributed by atoms with Crippen molar-refractivity contribution < 1.29 is 4.39 Å². The van der Waals surface area contributed by atoms with Gasteiger partial charge in [0, 0.05) is 6.54 Å². The topological polar surface area (TPSA) is 94.8 Å². The summed E-state index contributed by atoms with van der Waals surface area (Å²) in [5.41, 5.74) is 11.7. The number of hydrogen-bond acceptors (Lipinski definition) is 5. The van der Waals surface area contributed by atoms with E-state index in [1.165, 1.54) is 6.07 Å². The molecule has 0 aliphatic heterocycles. The van der Waals surface area contributed by atoms with E-state index in [2.05, 4.69) is 15.5 Å². The predicted molar refractivity (Wildman–Crippen MR) is 73.3 cm³/mol. The average Bonchev–Trinajstić information content (AvgIpc) is 2.83. The molecule has 0 saturated heterocycles. The normalized spacial score (nSPS) is 10.7. The third kappa shape index (κ3) is 2.55. The van der Waals surface area contributed by atoms with Crippen molar-refractivity contribution in [1.29, 1.82) is 0 Å². The summed E-state index contributed by atoms with van der Waals surface area (Å²) < 4.78 is 15.8.